The molecule has 2 rings (SSSR count). The van der Waals surface area contributed by atoms with Gasteiger partial charge in [0.15, 0.2) is 0 Å². The van der Waals surface area contributed by atoms with Crippen LogP contribution in [0, 0.1) is 5.92 Å². The van der Waals surface area contributed by atoms with Crippen molar-refractivity contribution in [3.8, 4) is 0 Å². The summed E-state index contributed by atoms with van der Waals surface area (Å²) in [5.41, 5.74) is 6.71. The number of carbonyl (C=O) groups excluding carboxylic acids is 2. The molecule has 1 atom stereocenters. The summed E-state index contributed by atoms with van der Waals surface area (Å²) >= 11 is 0. The molecule has 0 saturated carbocycles. The fourth-order valence-corrected chi connectivity index (χ4v) is 2.87. The predicted octanol–water partition coefficient (Wildman–Crippen LogP) is 2.51. The van der Waals surface area contributed by atoms with E-state index >= 15 is 0 Å². The van der Waals surface area contributed by atoms with E-state index in [0.717, 1.165) is 38.9 Å². The predicted molar refractivity (Wildman–Crippen MR) is 98.8 cm³/mol. The van der Waals surface area contributed by atoms with Crippen LogP contribution in [0.3, 0.4) is 0 Å². The lowest BCUT2D eigenvalue weighted by molar-refractivity contribution is -0.149. The first kappa shape index (κ1) is 21.3. The van der Waals surface area contributed by atoms with Crippen LogP contribution in [0.25, 0.3) is 0 Å². The summed E-state index contributed by atoms with van der Waals surface area (Å²) in [4.78, 5) is 25.9. The van der Waals surface area contributed by atoms with Gasteiger partial charge in [0.1, 0.15) is 0 Å². The van der Waals surface area contributed by atoms with Gasteiger partial charge in [0.05, 0.1) is 24.7 Å². The van der Waals surface area contributed by atoms with Crippen molar-refractivity contribution in [1.82, 2.24) is 4.90 Å². The van der Waals surface area contributed by atoms with Crippen molar-refractivity contribution in [3.63, 3.8) is 0 Å². The summed E-state index contributed by atoms with van der Waals surface area (Å²) in [6, 6.07) is 6.68. The van der Waals surface area contributed by atoms with Gasteiger partial charge in [0.2, 0.25) is 0 Å². The van der Waals surface area contributed by atoms with Gasteiger partial charge in [-0.1, -0.05) is 0 Å². The number of rotatable bonds is 7. The molecule has 1 aromatic rings. The van der Waals surface area contributed by atoms with Crippen molar-refractivity contribution in [2.75, 3.05) is 38.6 Å². The molecular weight excluding hydrogens is 344 g/mol. The number of likely N-dealkylation sites (tertiary alicyclic amines) is 1. The summed E-state index contributed by atoms with van der Waals surface area (Å²) in [7, 11) is 0. The van der Waals surface area contributed by atoms with Crippen molar-refractivity contribution < 1.29 is 19.1 Å². The van der Waals surface area contributed by atoms with Gasteiger partial charge in [-0.05, 0) is 57.0 Å². The number of nitrogens with two attached hydrogens (primary N) is 1. The molecule has 6 nitrogen and oxygen atoms in total. The zero-order valence-electron chi connectivity index (χ0n) is 14.6. The maximum atomic E-state index is 11.9. The third-order valence-electron chi connectivity index (χ3n) is 4.12. The van der Waals surface area contributed by atoms with Gasteiger partial charge in [0.25, 0.3) is 0 Å². The highest BCUT2D eigenvalue weighted by Crippen LogP contribution is 2.18. The lowest BCUT2D eigenvalue weighted by Crippen LogP contribution is -2.40. The third kappa shape index (κ3) is 6.92. The van der Waals surface area contributed by atoms with Crippen LogP contribution in [-0.2, 0) is 14.3 Å². The number of piperidine rings is 1. The molecule has 0 spiro atoms. The minimum absolute atomic E-state index is 0. The normalized spacial score (nSPS) is 17.4. The number of anilines is 1. The Balaban J connectivity index is 0.00000312. The minimum atomic E-state index is -0.335. The summed E-state index contributed by atoms with van der Waals surface area (Å²) in [6.07, 6.45) is 2.63. The molecule has 25 heavy (non-hydrogen) atoms. The summed E-state index contributed by atoms with van der Waals surface area (Å²) in [6.45, 7) is 5.13. The second-order valence-corrected chi connectivity index (χ2v) is 6.00. The number of nitrogens with zero attached hydrogens (tertiary/aromatic N) is 1. The van der Waals surface area contributed by atoms with E-state index in [1.54, 1.807) is 24.3 Å². The Morgan fingerprint density at radius 1 is 1.24 bits per heavy atom. The van der Waals surface area contributed by atoms with Crippen molar-refractivity contribution in [2.24, 2.45) is 5.92 Å². The molecular formula is C18H27ClN2O4. The van der Waals surface area contributed by atoms with E-state index in [2.05, 4.69) is 4.90 Å². The molecule has 140 valence electrons. The largest absolute Gasteiger partial charge is 0.466 e. The summed E-state index contributed by atoms with van der Waals surface area (Å²) < 4.78 is 10.4. The average Bonchev–Trinajstić information content (AvgIpc) is 2.59. The number of carbonyl (C=O) groups is 2. The second-order valence-electron chi connectivity index (χ2n) is 6.00. The van der Waals surface area contributed by atoms with E-state index in [-0.39, 0.29) is 30.3 Å². The molecule has 7 heteroatoms. The number of hydrogen-bond donors (Lipinski definition) is 1. The van der Waals surface area contributed by atoms with Gasteiger partial charge in [-0.3, -0.25) is 4.79 Å². The molecule has 0 amide bonds. The first-order chi connectivity index (χ1) is 11.6. The van der Waals surface area contributed by atoms with Gasteiger partial charge < -0.3 is 20.1 Å². The zero-order valence-corrected chi connectivity index (χ0v) is 15.4. The van der Waals surface area contributed by atoms with Crippen LogP contribution in [0.2, 0.25) is 0 Å². The van der Waals surface area contributed by atoms with Crippen LogP contribution in [0.15, 0.2) is 24.3 Å². The molecule has 1 fully saturated rings. The molecule has 1 heterocycles. The maximum absolute atomic E-state index is 11.9. The Kier molecular flexibility index (Phi) is 9.31. The molecule has 0 aliphatic carbocycles. The second kappa shape index (κ2) is 10.9. The minimum Gasteiger partial charge on any atom is -0.466 e. The Hall–Kier alpha value is -1.79. The number of halogens is 1. The maximum Gasteiger partial charge on any atom is 0.338 e. The highest BCUT2D eigenvalue weighted by atomic mass is 35.5. The molecule has 0 aromatic heterocycles. The highest BCUT2D eigenvalue weighted by molar-refractivity contribution is 5.89. The van der Waals surface area contributed by atoms with E-state index in [0.29, 0.717) is 24.5 Å². The molecule has 1 unspecified atom stereocenters. The van der Waals surface area contributed by atoms with Crippen molar-refractivity contribution >= 4 is 30.0 Å². The van der Waals surface area contributed by atoms with Crippen molar-refractivity contribution in [1.29, 1.82) is 0 Å². The highest BCUT2D eigenvalue weighted by Gasteiger charge is 2.26. The number of esters is 2. The Morgan fingerprint density at radius 3 is 2.64 bits per heavy atom. The monoisotopic (exact) mass is 370 g/mol. The molecule has 1 saturated heterocycles. The molecule has 1 aromatic carbocycles. The van der Waals surface area contributed by atoms with Crippen molar-refractivity contribution in [2.45, 2.75) is 26.2 Å². The third-order valence-corrected chi connectivity index (χ3v) is 4.12. The molecule has 0 bridgehead atoms. The number of ether oxygens (including phenoxy) is 2. The Bertz CT molecular complexity index is 551. The SMILES string of the molecule is CCOC(=O)C1CCCN(CCCOC(=O)c2ccc(N)cc2)C1.Cl. The fraction of sp³-hybridized carbons (Fsp3) is 0.556. The Labute approximate surface area is 155 Å². The van der Waals surface area contributed by atoms with Crippen LogP contribution in [-0.4, -0.2) is 49.7 Å². The standard InChI is InChI=1S/C18H26N2O4.ClH/c1-2-23-18(22)15-5-3-10-20(13-15)11-4-12-24-17(21)14-6-8-16(19)9-7-14;/h6-9,15H,2-5,10-13,19H2,1H3;1H. The zero-order chi connectivity index (χ0) is 17.4. The quantitative estimate of drug-likeness (QED) is 0.451. The van der Waals surface area contributed by atoms with Gasteiger partial charge in [0, 0.05) is 18.8 Å². The van der Waals surface area contributed by atoms with E-state index in [1.165, 1.54) is 0 Å². The number of hydrogen-bond acceptors (Lipinski definition) is 6. The van der Waals surface area contributed by atoms with E-state index in [1.807, 2.05) is 6.92 Å². The molecule has 0 radical (unpaired) electrons. The molecule has 2 N–H and O–H groups in total. The molecule has 1 aliphatic rings. The van der Waals surface area contributed by atoms with Gasteiger partial charge >= 0.3 is 11.9 Å². The lowest BCUT2D eigenvalue weighted by Gasteiger charge is -2.31. The fourth-order valence-electron chi connectivity index (χ4n) is 2.87. The summed E-state index contributed by atoms with van der Waals surface area (Å²) in [5, 5.41) is 0. The van der Waals surface area contributed by atoms with Gasteiger partial charge in [-0.2, -0.15) is 0 Å². The van der Waals surface area contributed by atoms with Crippen LogP contribution in [0.5, 0.6) is 0 Å². The van der Waals surface area contributed by atoms with Crippen LogP contribution in [0.1, 0.15) is 36.5 Å². The van der Waals surface area contributed by atoms with E-state index < -0.39 is 0 Å². The average molecular weight is 371 g/mol. The first-order valence-corrected chi connectivity index (χ1v) is 8.51. The van der Waals surface area contributed by atoms with Crippen LogP contribution < -0.4 is 5.73 Å². The van der Waals surface area contributed by atoms with E-state index in [9.17, 15) is 9.59 Å². The van der Waals surface area contributed by atoms with Gasteiger partial charge in [-0.15, -0.1) is 12.4 Å². The number of nitrogen functional groups attached to an aromatic ring is 1. The number of benzene rings is 1. The summed E-state index contributed by atoms with van der Waals surface area (Å²) in [5.74, 6) is -0.467. The smallest absolute Gasteiger partial charge is 0.338 e. The lowest BCUT2D eigenvalue weighted by atomic mass is 9.98. The van der Waals surface area contributed by atoms with Crippen LogP contribution >= 0.6 is 12.4 Å². The van der Waals surface area contributed by atoms with Crippen LogP contribution in [0.4, 0.5) is 5.69 Å². The molecule has 1 aliphatic heterocycles. The Morgan fingerprint density at radius 2 is 1.96 bits per heavy atom. The van der Waals surface area contributed by atoms with Crippen molar-refractivity contribution in [3.05, 3.63) is 29.8 Å². The topological polar surface area (TPSA) is 81.9 Å². The van der Waals surface area contributed by atoms with Gasteiger partial charge in [-0.25, -0.2) is 4.79 Å². The van der Waals surface area contributed by atoms with E-state index in [4.69, 9.17) is 15.2 Å². The first-order valence-electron chi connectivity index (χ1n) is 8.51.